The van der Waals surface area contributed by atoms with Crippen molar-refractivity contribution in [2.75, 3.05) is 20.3 Å². The first-order chi connectivity index (χ1) is 14.4. The molecule has 4 nitrogen and oxygen atoms in total. The van der Waals surface area contributed by atoms with Crippen LogP contribution in [0.4, 0.5) is 8.78 Å². The Balaban J connectivity index is 2.41. The molecule has 0 fully saturated rings. The van der Waals surface area contributed by atoms with E-state index in [9.17, 15) is 8.78 Å². The molecule has 0 atom stereocenters. The second kappa shape index (κ2) is 9.91. The van der Waals surface area contributed by atoms with E-state index >= 15 is 0 Å². The van der Waals surface area contributed by atoms with E-state index in [-0.39, 0.29) is 28.7 Å². The molecule has 0 aliphatic rings. The van der Waals surface area contributed by atoms with Crippen LogP contribution in [0.1, 0.15) is 45.2 Å². The zero-order valence-corrected chi connectivity index (χ0v) is 20.5. The number of ether oxygens (including phenoxy) is 2. The predicted molar refractivity (Wildman–Crippen MR) is 125 cm³/mol. The molecule has 0 N–H and O–H groups in total. The van der Waals surface area contributed by atoms with Crippen LogP contribution in [0.2, 0.25) is 18.1 Å². The Morgan fingerprint density at radius 2 is 1.87 bits per heavy atom. The summed E-state index contributed by atoms with van der Waals surface area (Å²) in [4.78, 5) is 4.27. The molecule has 0 aliphatic carbocycles. The number of alkyl halides is 2. The minimum atomic E-state index is -2.74. The maximum atomic E-state index is 14.0. The van der Waals surface area contributed by atoms with Crippen LogP contribution in [-0.4, -0.2) is 33.6 Å². The summed E-state index contributed by atoms with van der Waals surface area (Å²) in [5.74, 6) is 0.334. The summed E-state index contributed by atoms with van der Waals surface area (Å²) < 4.78 is 45.1. The zero-order valence-electron chi connectivity index (χ0n) is 19.5. The van der Waals surface area contributed by atoms with E-state index in [4.69, 9.17) is 13.9 Å². The molecule has 31 heavy (non-hydrogen) atoms. The zero-order chi connectivity index (χ0) is 23.4. The lowest BCUT2D eigenvalue weighted by molar-refractivity contribution is 0.145. The standard InChI is InChI=1S/C24H33F2NO3Si/c1-9-29-22-20(28-6)11-10-19(21(22)23(25)26)18-12-17(13-27-14-18)16(2)15-30-31(7,8)24(3,4)5/h10-14,23H,2,9,15H2,1,3-8H3. The molecule has 7 heteroatoms. The third-order valence-corrected chi connectivity index (χ3v) is 10.2. The average molecular weight is 450 g/mol. The molecule has 0 aliphatic heterocycles. The number of pyridine rings is 1. The second-order valence-corrected chi connectivity index (χ2v) is 13.7. The Labute approximate surface area is 185 Å². The van der Waals surface area contributed by atoms with E-state index in [1.165, 1.54) is 7.11 Å². The van der Waals surface area contributed by atoms with Crippen LogP contribution in [0.15, 0.2) is 37.2 Å². The Kier molecular flexibility index (Phi) is 8.00. The Bertz CT molecular complexity index is 924. The Hall–Kier alpha value is -2.25. The third kappa shape index (κ3) is 5.71. The minimum absolute atomic E-state index is 0.0583. The smallest absolute Gasteiger partial charge is 0.268 e. The lowest BCUT2D eigenvalue weighted by Crippen LogP contribution is -2.41. The SMILES string of the molecule is C=C(CO[Si](C)(C)C(C)(C)C)c1cncc(-c2ccc(OC)c(OCC)c2C(F)F)c1. The average Bonchev–Trinajstić information content (AvgIpc) is 2.71. The topological polar surface area (TPSA) is 40.6 Å². The van der Waals surface area contributed by atoms with Gasteiger partial charge in [0.1, 0.15) is 0 Å². The summed E-state index contributed by atoms with van der Waals surface area (Å²) in [5, 5.41) is 0.0817. The van der Waals surface area contributed by atoms with E-state index in [0.29, 0.717) is 17.7 Å². The van der Waals surface area contributed by atoms with Crippen molar-refractivity contribution in [2.24, 2.45) is 0 Å². The summed E-state index contributed by atoms with van der Waals surface area (Å²) in [6.07, 6.45) is 0.505. The highest BCUT2D eigenvalue weighted by atomic mass is 28.4. The van der Waals surface area contributed by atoms with Crippen molar-refractivity contribution in [1.82, 2.24) is 4.98 Å². The molecule has 1 heterocycles. The van der Waals surface area contributed by atoms with Gasteiger partial charge in [0, 0.05) is 18.0 Å². The van der Waals surface area contributed by atoms with Crippen molar-refractivity contribution in [2.45, 2.75) is 52.3 Å². The van der Waals surface area contributed by atoms with Gasteiger partial charge in [0.2, 0.25) is 0 Å². The van der Waals surface area contributed by atoms with Gasteiger partial charge in [-0.15, -0.1) is 0 Å². The highest BCUT2D eigenvalue weighted by Gasteiger charge is 2.37. The van der Waals surface area contributed by atoms with Crippen LogP contribution in [0.25, 0.3) is 16.7 Å². The predicted octanol–water partition coefficient (Wildman–Crippen LogP) is 7.13. The van der Waals surface area contributed by atoms with E-state index in [1.807, 2.05) is 6.07 Å². The molecule has 170 valence electrons. The maximum Gasteiger partial charge on any atom is 0.268 e. The largest absolute Gasteiger partial charge is 0.493 e. The monoisotopic (exact) mass is 449 g/mol. The molecule has 0 saturated heterocycles. The molecule has 0 radical (unpaired) electrons. The molecule has 2 aromatic rings. The van der Waals surface area contributed by atoms with Gasteiger partial charge in [0.15, 0.2) is 19.8 Å². The van der Waals surface area contributed by atoms with Crippen molar-refractivity contribution in [1.29, 1.82) is 0 Å². The van der Waals surface area contributed by atoms with Gasteiger partial charge in [-0.25, -0.2) is 8.78 Å². The molecule has 2 rings (SSSR count). The van der Waals surface area contributed by atoms with Crippen LogP contribution >= 0.6 is 0 Å². The van der Waals surface area contributed by atoms with Crippen LogP contribution in [0, 0.1) is 0 Å². The number of nitrogens with zero attached hydrogens (tertiary/aromatic N) is 1. The Morgan fingerprint density at radius 1 is 1.19 bits per heavy atom. The van der Waals surface area contributed by atoms with Gasteiger partial charge in [-0.05, 0) is 60.0 Å². The maximum absolute atomic E-state index is 14.0. The molecular weight excluding hydrogens is 416 g/mol. The molecule has 0 bridgehead atoms. The summed E-state index contributed by atoms with van der Waals surface area (Å²) in [6.45, 7) is 17.4. The summed E-state index contributed by atoms with van der Waals surface area (Å²) in [6, 6.07) is 5.06. The first-order valence-corrected chi connectivity index (χ1v) is 13.2. The van der Waals surface area contributed by atoms with Crippen LogP contribution in [-0.2, 0) is 4.43 Å². The van der Waals surface area contributed by atoms with E-state index in [1.54, 1.807) is 31.5 Å². The number of methoxy groups -OCH3 is 1. The summed E-state index contributed by atoms with van der Waals surface area (Å²) in [7, 11) is -0.508. The number of rotatable bonds is 9. The lowest BCUT2D eigenvalue weighted by atomic mass is 9.97. The molecule has 0 amide bonds. The number of benzene rings is 1. The highest BCUT2D eigenvalue weighted by Crippen LogP contribution is 2.44. The van der Waals surface area contributed by atoms with Crippen molar-refractivity contribution in [3.63, 3.8) is 0 Å². The van der Waals surface area contributed by atoms with Gasteiger partial charge in [0.25, 0.3) is 6.43 Å². The number of aromatic nitrogens is 1. The molecular formula is C24H33F2NO3Si. The molecule has 1 aromatic carbocycles. The first kappa shape index (κ1) is 25.0. The fraction of sp³-hybridized carbons (Fsp3) is 0.458. The van der Waals surface area contributed by atoms with Crippen molar-refractivity contribution in [3.8, 4) is 22.6 Å². The fourth-order valence-electron chi connectivity index (χ4n) is 2.85. The molecule has 0 unspecified atom stereocenters. The van der Waals surface area contributed by atoms with Crippen LogP contribution in [0.3, 0.4) is 0 Å². The molecule has 0 saturated carbocycles. The molecule has 1 aromatic heterocycles. The lowest BCUT2D eigenvalue weighted by Gasteiger charge is -2.36. The quantitative estimate of drug-likeness (QED) is 0.382. The van der Waals surface area contributed by atoms with Gasteiger partial charge >= 0.3 is 0 Å². The number of halogens is 2. The minimum Gasteiger partial charge on any atom is -0.493 e. The summed E-state index contributed by atoms with van der Waals surface area (Å²) >= 11 is 0. The van der Waals surface area contributed by atoms with Crippen molar-refractivity contribution < 1.29 is 22.7 Å². The van der Waals surface area contributed by atoms with Gasteiger partial charge < -0.3 is 13.9 Å². The van der Waals surface area contributed by atoms with Crippen molar-refractivity contribution in [3.05, 3.63) is 48.3 Å². The van der Waals surface area contributed by atoms with Crippen molar-refractivity contribution >= 4 is 13.9 Å². The highest BCUT2D eigenvalue weighted by molar-refractivity contribution is 6.74. The summed E-state index contributed by atoms with van der Waals surface area (Å²) in [5.41, 5.74) is 2.22. The second-order valence-electron chi connectivity index (χ2n) is 8.91. The van der Waals surface area contributed by atoms with Crippen LogP contribution < -0.4 is 9.47 Å². The Morgan fingerprint density at radius 3 is 2.42 bits per heavy atom. The fourth-order valence-corrected chi connectivity index (χ4v) is 3.82. The number of hydrogen-bond acceptors (Lipinski definition) is 4. The first-order valence-electron chi connectivity index (χ1n) is 10.3. The van der Waals surface area contributed by atoms with Gasteiger partial charge in [-0.1, -0.05) is 27.4 Å². The van der Waals surface area contributed by atoms with Crippen LogP contribution in [0.5, 0.6) is 11.5 Å². The number of hydrogen-bond donors (Lipinski definition) is 0. The van der Waals surface area contributed by atoms with Gasteiger partial charge in [0.05, 0.1) is 25.9 Å². The van der Waals surface area contributed by atoms with E-state index < -0.39 is 14.7 Å². The van der Waals surface area contributed by atoms with E-state index in [2.05, 4.69) is 45.4 Å². The van der Waals surface area contributed by atoms with Gasteiger partial charge in [-0.3, -0.25) is 4.98 Å². The molecule has 0 spiro atoms. The van der Waals surface area contributed by atoms with Gasteiger partial charge in [-0.2, -0.15) is 0 Å². The normalized spacial score (nSPS) is 12.2. The third-order valence-electron chi connectivity index (χ3n) is 5.76. The van der Waals surface area contributed by atoms with E-state index in [0.717, 1.165) is 11.1 Å².